The fourth-order valence-electron chi connectivity index (χ4n) is 2.74. The highest BCUT2D eigenvalue weighted by Gasteiger charge is 2.16. The summed E-state index contributed by atoms with van der Waals surface area (Å²) in [7, 11) is 0. The van der Waals surface area contributed by atoms with Crippen molar-refractivity contribution >= 4 is 22.9 Å². The Morgan fingerprint density at radius 1 is 1.08 bits per heavy atom. The van der Waals surface area contributed by atoms with Crippen molar-refractivity contribution in [2.75, 3.05) is 11.9 Å². The normalized spacial score (nSPS) is 11.9. The predicted octanol–water partition coefficient (Wildman–Crippen LogP) is 4.77. The number of rotatable bonds is 7. The summed E-state index contributed by atoms with van der Waals surface area (Å²) >= 11 is 1.64. The molecule has 0 radical (unpaired) electrons. The summed E-state index contributed by atoms with van der Waals surface area (Å²) in [5.41, 5.74) is 2.57. The summed E-state index contributed by atoms with van der Waals surface area (Å²) in [6, 6.07) is 18.5. The summed E-state index contributed by atoms with van der Waals surface area (Å²) in [5, 5.41) is 7.92. The lowest BCUT2D eigenvalue weighted by Crippen LogP contribution is -2.31. The summed E-state index contributed by atoms with van der Waals surface area (Å²) in [6.07, 6.45) is 0.989. The molecule has 2 aromatic carbocycles. The van der Waals surface area contributed by atoms with Gasteiger partial charge in [-0.3, -0.25) is 10.1 Å². The van der Waals surface area contributed by atoms with E-state index in [9.17, 15) is 9.18 Å². The third-order valence-electron chi connectivity index (χ3n) is 4.16. The van der Waals surface area contributed by atoms with Crippen LogP contribution in [-0.4, -0.2) is 12.5 Å². The average Bonchev–Trinajstić information content (AvgIpc) is 3.19. The molecule has 0 saturated heterocycles. The zero-order chi connectivity index (χ0) is 18.4. The van der Waals surface area contributed by atoms with Gasteiger partial charge in [-0.15, -0.1) is 11.3 Å². The molecule has 3 nitrogen and oxygen atoms in total. The second kappa shape index (κ2) is 8.74. The Kier molecular flexibility index (Phi) is 6.15. The number of thiophene rings is 1. The molecule has 0 unspecified atom stereocenters. The van der Waals surface area contributed by atoms with Gasteiger partial charge in [0.05, 0.1) is 18.3 Å². The highest BCUT2D eigenvalue weighted by atomic mass is 32.1. The van der Waals surface area contributed by atoms with Crippen LogP contribution in [0.4, 0.5) is 10.1 Å². The Morgan fingerprint density at radius 2 is 1.85 bits per heavy atom. The maximum atomic E-state index is 13.7. The smallest absolute Gasteiger partial charge is 0.238 e. The number of hydrogen-bond acceptors (Lipinski definition) is 3. The molecule has 0 saturated carbocycles. The maximum absolute atomic E-state index is 13.7. The number of amides is 1. The second-order valence-corrected chi connectivity index (χ2v) is 6.93. The molecule has 0 fully saturated rings. The van der Waals surface area contributed by atoms with Crippen LogP contribution in [0.5, 0.6) is 0 Å². The fraction of sp³-hybridized carbons (Fsp3) is 0.190. The molecule has 0 bridgehead atoms. The number of aryl methyl sites for hydroxylation is 1. The molecule has 1 amide bonds. The van der Waals surface area contributed by atoms with Gasteiger partial charge >= 0.3 is 0 Å². The van der Waals surface area contributed by atoms with Gasteiger partial charge in [-0.05, 0) is 41.1 Å². The van der Waals surface area contributed by atoms with Gasteiger partial charge < -0.3 is 5.32 Å². The number of carbonyl (C=O) groups excluding carboxylic acids is 1. The van der Waals surface area contributed by atoms with E-state index in [1.54, 1.807) is 29.5 Å². The van der Waals surface area contributed by atoms with Crippen LogP contribution in [0.1, 0.15) is 29.0 Å². The minimum absolute atomic E-state index is 0.0766. The Morgan fingerprint density at radius 3 is 2.50 bits per heavy atom. The van der Waals surface area contributed by atoms with Gasteiger partial charge in [-0.2, -0.15) is 0 Å². The summed E-state index contributed by atoms with van der Waals surface area (Å²) in [4.78, 5) is 13.4. The molecule has 0 spiro atoms. The molecular formula is C21H21FN2OS. The van der Waals surface area contributed by atoms with Gasteiger partial charge in [0.2, 0.25) is 5.91 Å². The second-order valence-electron chi connectivity index (χ2n) is 5.95. The van der Waals surface area contributed by atoms with E-state index in [1.165, 1.54) is 11.6 Å². The lowest BCUT2D eigenvalue weighted by atomic mass is 10.0. The van der Waals surface area contributed by atoms with E-state index in [1.807, 2.05) is 17.5 Å². The number of halogens is 1. The van der Waals surface area contributed by atoms with Crippen molar-refractivity contribution in [3.05, 3.63) is 87.9 Å². The first-order valence-corrected chi connectivity index (χ1v) is 9.45. The van der Waals surface area contributed by atoms with Crippen LogP contribution in [-0.2, 0) is 11.2 Å². The maximum Gasteiger partial charge on any atom is 0.238 e. The average molecular weight is 368 g/mol. The van der Waals surface area contributed by atoms with Crippen molar-refractivity contribution < 1.29 is 9.18 Å². The van der Waals surface area contributed by atoms with Crippen LogP contribution >= 0.6 is 11.3 Å². The lowest BCUT2D eigenvalue weighted by Gasteiger charge is -2.18. The van der Waals surface area contributed by atoms with E-state index in [0.717, 1.165) is 16.9 Å². The Bertz CT molecular complexity index is 847. The zero-order valence-corrected chi connectivity index (χ0v) is 15.4. The van der Waals surface area contributed by atoms with Crippen molar-refractivity contribution in [2.24, 2.45) is 0 Å². The molecule has 5 heteroatoms. The van der Waals surface area contributed by atoms with Gasteiger partial charge in [-0.1, -0.05) is 49.4 Å². The molecule has 134 valence electrons. The van der Waals surface area contributed by atoms with Crippen molar-refractivity contribution in [3.8, 4) is 0 Å². The highest BCUT2D eigenvalue weighted by Crippen LogP contribution is 2.26. The molecule has 1 heterocycles. The lowest BCUT2D eigenvalue weighted by molar-refractivity contribution is -0.115. The largest absolute Gasteiger partial charge is 0.322 e. The summed E-state index contributed by atoms with van der Waals surface area (Å²) in [5.74, 6) is -0.715. The van der Waals surface area contributed by atoms with Crippen LogP contribution < -0.4 is 10.6 Å². The van der Waals surface area contributed by atoms with E-state index in [-0.39, 0.29) is 24.2 Å². The fourth-order valence-corrected chi connectivity index (χ4v) is 3.56. The minimum atomic E-state index is -0.439. The number of benzene rings is 2. The first kappa shape index (κ1) is 18.3. The van der Waals surface area contributed by atoms with Crippen LogP contribution in [0.25, 0.3) is 0 Å². The third kappa shape index (κ3) is 4.56. The van der Waals surface area contributed by atoms with Gasteiger partial charge in [-0.25, -0.2) is 4.39 Å². The molecule has 3 aromatic rings. The zero-order valence-electron chi connectivity index (χ0n) is 14.5. The van der Waals surface area contributed by atoms with Gasteiger partial charge in [0.25, 0.3) is 0 Å². The van der Waals surface area contributed by atoms with E-state index < -0.39 is 5.82 Å². The minimum Gasteiger partial charge on any atom is -0.322 e. The van der Waals surface area contributed by atoms with Crippen LogP contribution in [0.2, 0.25) is 0 Å². The standard InChI is InChI=1S/C21H21FN2OS/c1-2-15-9-11-16(12-10-15)21(19-8-5-13-26-19)23-14-20(25)24-18-7-4-3-6-17(18)22/h3-13,21,23H,2,14H2,1H3,(H,24,25)/t21-/m1/s1. The monoisotopic (exact) mass is 368 g/mol. The number of carbonyl (C=O) groups is 1. The van der Waals surface area contributed by atoms with Gasteiger partial charge in [0.1, 0.15) is 5.82 Å². The van der Waals surface area contributed by atoms with E-state index in [0.29, 0.717) is 0 Å². The first-order chi connectivity index (χ1) is 12.7. The van der Waals surface area contributed by atoms with Gasteiger partial charge in [0, 0.05) is 4.88 Å². The molecule has 3 rings (SSSR count). The number of nitrogens with one attached hydrogen (secondary N) is 2. The quantitative estimate of drug-likeness (QED) is 0.631. The summed E-state index contributed by atoms with van der Waals surface area (Å²) in [6.45, 7) is 2.21. The van der Waals surface area contributed by atoms with Crippen molar-refractivity contribution in [3.63, 3.8) is 0 Å². The topological polar surface area (TPSA) is 41.1 Å². The molecule has 0 aliphatic carbocycles. The predicted molar refractivity (Wildman–Crippen MR) is 105 cm³/mol. The summed E-state index contributed by atoms with van der Waals surface area (Å²) < 4.78 is 13.7. The molecule has 1 atom stereocenters. The number of hydrogen-bond donors (Lipinski definition) is 2. The Hall–Kier alpha value is -2.50. The molecular weight excluding hydrogens is 347 g/mol. The van der Waals surface area contributed by atoms with Crippen LogP contribution in [0.3, 0.4) is 0 Å². The van der Waals surface area contributed by atoms with E-state index in [2.05, 4.69) is 41.8 Å². The molecule has 2 N–H and O–H groups in total. The number of anilines is 1. The SMILES string of the molecule is CCc1ccc([C@@H](NCC(=O)Nc2ccccc2F)c2cccs2)cc1. The Balaban J connectivity index is 1.70. The first-order valence-electron chi connectivity index (χ1n) is 8.57. The van der Waals surface area contributed by atoms with Gasteiger partial charge in [0.15, 0.2) is 0 Å². The third-order valence-corrected chi connectivity index (χ3v) is 5.10. The molecule has 0 aliphatic rings. The van der Waals surface area contributed by atoms with Crippen molar-refractivity contribution in [2.45, 2.75) is 19.4 Å². The Labute approximate surface area is 156 Å². The molecule has 26 heavy (non-hydrogen) atoms. The molecule has 1 aromatic heterocycles. The van der Waals surface area contributed by atoms with E-state index >= 15 is 0 Å². The molecule has 0 aliphatic heterocycles. The van der Waals surface area contributed by atoms with Crippen molar-refractivity contribution in [1.29, 1.82) is 0 Å². The number of para-hydroxylation sites is 1. The van der Waals surface area contributed by atoms with Crippen molar-refractivity contribution in [1.82, 2.24) is 5.32 Å². The van der Waals surface area contributed by atoms with Crippen LogP contribution in [0.15, 0.2) is 66.0 Å². The highest BCUT2D eigenvalue weighted by molar-refractivity contribution is 7.10. The van der Waals surface area contributed by atoms with Crippen LogP contribution in [0, 0.1) is 5.82 Å². The van der Waals surface area contributed by atoms with E-state index in [4.69, 9.17) is 0 Å².